The van der Waals surface area contributed by atoms with Crippen LogP contribution in [-0.2, 0) is 9.59 Å². The molecule has 0 bridgehead atoms. The number of rotatable bonds is 8. The van der Waals surface area contributed by atoms with Gasteiger partial charge < -0.3 is 15.5 Å². The van der Waals surface area contributed by atoms with Gasteiger partial charge in [0.1, 0.15) is 0 Å². The van der Waals surface area contributed by atoms with Gasteiger partial charge in [0.15, 0.2) is 0 Å². The van der Waals surface area contributed by atoms with Crippen LogP contribution in [-0.4, -0.2) is 42.9 Å². The van der Waals surface area contributed by atoms with Crippen molar-refractivity contribution in [3.8, 4) is 0 Å². The van der Waals surface area contributed by atoms with Crippen molar-refractivity contribution in [2.75, 3.05) is 31.5 Å². The van der Waals surface area contributed by atoms with Gasteiger partial charge in [-0.25, -0.2) is 0 Å². The maximum absolute atomic E-state index is 11.8. The molecule has 0 radical (unpaired) electrons. The van der Waals surface area contributed by atoms with Crippen LogP contribution < -0.4 is 10.6 Å². The van der Waals surface area contributed by atoms with E-state index in [1.54, 1.807) is 0 Å². The van der Waals surface area contributed by atoms with Crippen molar-refractivity contribution in [2.24, 2.45) is 0 Å². The molecule has 0 heterocycles. The molecule has 0 aliphatic heterocycles. The van der Waals surface area contributed by atoms with Gasteiger partial charge in [-0.3, -0.25) is 9.59 Å². The molecule has 0 aliphatic rings. The first-order valence-corrected chi connectivity index (χ1v) is 8.39. The molecule has 1 aromatic carbocycles. The van der Waals surface area contributed by atoms with E-state index in [2.05, 4.69) is 43.2 Å². The summed E-state index contributed by atoms with van der Waals surface area (Å²) in [5.74, 6) is -0.767. The third-order valence-corrected chi connectivity index (χ3v) is 3.87. The highest BCUT2D eigenvalue weighted by Gasteiger charge is 2.13. The summed E-state index contributed by atoms with van der Waals surface area (Å²) in [6, 6.07) is 7.56. The summed E-state index contributed by atoms with van der Waals surface area (Å²) in [4.78, 5) is 25.9. The molecule has 0 saturated carbocycles. The predicted molar refractivity (Wildman–Crippen MR) is 94.6 cm³/mol. The van der Waals surface area contributed by atoms with Crippen molar-refractivity contribution in [1.29, 1.82) is 0 Å². The van der Waals surface area contributed by atoms with Crippen LogP contribution in [0.15, 0.2) is 24.3 Å². The van der Waals surface area contributed by atoms with Crippen molar-refractivity contribution < 1.29 is 9.59 Å². The van der Waals surface area contributed by atoms with E-state index in [4.69, 9.17) is 0 Å². The van der Waals surface area contributed by atoms with Crippen LogP contribution in [0.5, 0.6) is 0 Å². The highest BCUT2D eigenvalue weighted by atomic mass is 16.2. The third-order valence-electron chi connectivity index (χ3n) is 3.87. The van der Waals surface area contributed by atoms with Crippen molar-refractivity contribution in [1.82, 2.24) is 10.2 Å². The minimum absolute atomic E-state index is 0.439. The molecule has 5 nitrogen and oxygen atoms in total. The maximum Gasteiger partial charge on any atom is 0.313 e. The third kappa shape index (κ3) is 6.82. The summed E-state index contributed by atoms with van der Waals surface area (Å²) in [6.45, 7) is 11.9. The Morgan fingerprint density at radius 2 is 1.65 bits per heavy atom. The fraction of sp³-hybridized carbons (Fsp3) is 0.556. The molecule has 5 heteroatoms. The molecule has 2 N–H and O–H groups in total. The number of hydrogen-bond donors (Lipinski definition) is 2. The molecule has 0 unspecified atom stereocenters. The van der Waals surface area contributed by atoms with Crippen LogP contribution in [0.1, 0.15) is 45.6 Å². The van der Waals surface area contributed by atoms with E-state index in [1.807, 2.05) is 24.3 Å². The zero-order valence-electron chi connectivity index (χ0n) is 14.7. The van der Waals surface area contributed by atoms with Gasteiger partial charge in [-0.05, 0) is 49.7 Å². The van der Waals surface area contributed by atoms with Crippen molar-refractivity contribution in [2.45, 2.75) is 40.0 Å². The number of amides is 2. The summed E-state index contributed by atoms with van der Waals surface area (Å²) in [5.41, 5.74) is 1.83. The van der Waals surface area contributed by atoms with Crippen LogP contribution in [0, 0.1) is 0 Å². The molecule has 23 heavy (non-hydrogen) atoms. The minimum Gasteiger partial charge on any atom is -0.348 e. The van der Waals surface area contributed by atoms with E-state index in [9.17, 15) is 9.59 Å². The molecule has 1 aromatic rings. The molecule has 1 rings (SSSR count). The topological polar surface area (TPSA) is 61.4 Å². The molecule has 0 aromatic heterocycles. The Balaban J connectivity index is 2.35. The Hall–Kier alpha value is -1.88. The minimum atomic E-state index is -0.620. The number of benzene rings is 1. The molecule has 128 valence electrons. The first kappa shape index (κ1) is 19.2. The second-order valence-electron chi connectivity index (χ2n) is 5.87. The summed E-state index contributed by atoms with van der Waals surface area (Å²) >= 11 is 0. The van der Waals surface area contributed by atoms with Crippen molar-refractivity contribution >= 4 is 17.5 Å². The SMILES string of the molecule is CCN(CC)CCCNC(=O)C(=O)Nc1ccc(C(C)C)cc1. The van der Waals surface area contributed by atoms with E-state index in [0.29, 0.717) is 18.2 Å². The summed E-state index contributed by atoms with van der Waals surface area (Å²) < 4.78 is 0. The average molecular weight is 319 g/mol. The van der Waals surface area contributed by atoms with Gasteiger partial charge in [-0.15, -0.1) is 0 Å². The van der Waals surface area contributed by atoms with Crippen LogP contribution >= 0.6 is 0 Å². The van der Waals surface area contributed by atoms with Gasteiger partial charge in [0.05, 0.1) is 0 Å². The number of anilines is 1. The predicted octanol–water partition coefficient (Wildman–Crippen LogP) is 2.60. The smallest absolute Gasteiger partial charge is 0.313 e. The Kier molecular flexibility index (Phi) is 8.33. The number of hydrogen-bond acceptors (Lipinski definition) is 3. The van der Waals surface area contributed by atoms with Crippen LogP contribution in [0.25, 0.3) is 0 Å². The van der Waals surface area contributed by atoms with Crippen LogP contribution in [0.2, 0.25) is 0 Å². The molecular weight excluding hydrogens is 290 g/mol. The largest absolute Gasteiger partial charge is 0.348 e. The quantitative estimate of drug-likeness (QED) is 0.572. The van der Waals surface area contributed by atoms with Gasteiger partial charge >= 0.3 is 11.8 Å². The van der Waals surface area contributed by atoms with E-state index >= 15 is 0 Å². The lowest BCUT2D eigenvalue weighted by Gasteiger charge is -2.17. The normalized spacial score (nSPS) is 10.9. The zero-order valence-corrected chi connectivity index (χ0v) is 14.7. The molecule has 0 fully saturated rings. The standard InChI is InChI=1S/C18H29N3O2/c1-5-21(6-2)13-7-12-19-17(22)18(23)20-16-10-8-15(9-11-16)14(3)4/h8-11,14H,5-7,12-13H2,1-4H3,(H,19,22)(H,20,23). The fourth-order valence-corrected chi connectivity index (χ4v) is 2.26. The Bertz CT molecular complexity index is 493. The summed E-state index contributed by atoms with van der Waals surface area (Å²) in [7, 11) is 0. The molecule has 0 saturated heterocycles. The van der Waals surface area contributed by atoms with E-state index in [1.165, 1.54) is 5.56 Å². The summed E-state index contributed by atoms with van der Waals surface area (Å²) in [6.07, 6.45) is 0.837. The second-order valence-corrected chi connectivity index (χ2v) is 5.87. The highest BCUT2D eigenvalue weighted by molar-refractivity contribution is 6.39. The van der Waals surface area contributed by atoms with Crippen LogP contribution in [0.3, 0.4) is 0 Å². The molecule has 0 aliphatic carbocycles. The molecule has 2 amide bonds. The number of nitrogens with one attached hydrogen (secondary N) is 2. The second kappa shape index (κ2) is 10.0. The lowest BCUT2D eigenvalue weighted by atomic mass is 10.0. The number of carbonyl (C=O) groups is 2. The Labute approximate surface area is 139 Å². The van der Waals surface area contributed by atoms with Gasteiger partial charge in [-0.1, -0.05) is 39.8 Å². The Morgan fingerprint density at radius 3 is 2.17 bits per heavy atom. The van der Waals surface area contributed by atoms with E-state index in [-0.39, 0.29) is 0 Å². The van der Waals surface area contributed by atoms with Crippen molar-refractivity contribution in [3.05, 3.63) is 29.8 Å². The monoisotopic (exact) mass is 319 g/mol. The average Bonchev–Trinajstić information content (AvgIpc) is 2.55. The highest BCUT2D eigenvalue weighted by Crippen LogP contribution is 2.16. The number of nitrogens with zero attached hydrogens (tertiary/aromatic N) is 1. The van der Waals surface area contributed by atoms with Gasteiger partial charge in [0, 0.05) is 12.2 Å². The first-order chi connectivity index (χ1) is 11.0. The molecular formula is C18H29N3O2. The molecule has 0 spiro atoms. The number of carbonyl (C=O) groups excluding carboxylic acids is 2. The van der Waals surface area contributed by atoms with Crippen molar-refractivity contribution in [3.63, 3.8) is 0 Å². The van der Waals surface area contributed by atoms with E-state index in [0.717, 1.165) is 26.1 Å². The lowest BCUT2D eigenvalue weighted by Crippen LogP contribution is -2.37. The summed E-state index contributed by atoms with van der Waals surface area (Å²) in [5, 5.41) is 5.28. The molecule has 0 atom stereocenters. The maximum atomic E-state index is 11.8. The van der Waals surface area contributed by atoms with Gasteiger partial charge in [-0.2, -0.15) is 0 Å². The lowest BCUT2D eigenvalue weighted by molar-refractivity contribution is -0.136. The Morgan fingerprint density at radius 1 is 1.04 bits per heavy atom. The first-order valence-electron chi connectivity index (χ1n) is 8.39. The zero-order chi connectivity index (χ0) is 17.2. The van der Waals surface area contributed by atoms with Crippen LogP contribution in [0.4, 0.5) is 5.69 Å². The fourth-order valence-electron chi connectivity index (χ4n) is 2.26. The van der Waals surface area contributed by atoms with Gasteiger partial charge in [0.2, 0.25) is 0 Å². The van der Waals surface area contributed by atoms with E-state index < -0.39 is 11.8 Å². The van der Waals surface area contributed by atoms with Gasteiger partial charge in [0.25, 0.3) is 0 Å².